The van der Waals surface area contributed by atoms with E-state index in [4.69, 9.17) is 0 Å². The molecule has 1 rings (SSSR count). The topological polar surface area (TPSA) is 72.5 Å². The van der Waals surface area contributed by atoms with Gasteiger partial charge in [0.1, 0.15) is 5.25 Å². The minimum absolute atomic E-state index is 0.0905. The minimum atomic E-state index is -3.44. The SMILES string of the molecule is C=CC(=O)NCC1CCOS1(=O)=O. The molecule has 1 unspecified atom stereocenters. The third-order valence-electron chi connectivity index (χ3n) is 1.79. The zero-order valence-electron chi connectivity index (χ0n) is 7.02. The van der Waals surface area contributed by atoms with Crippen LogP contribution in [0.3, 0.4) is 0 Å². The first kappa shape index (κ1) is 10.2. The maximum Gasteiger partial charge on any atom is 0.272 e. The van der Waals surface area contributed by atoms with Crippen molar-refractivity contribution in [2.45, 2.75) is 11.7 Å². The van der Waals surface area contributed by atoms with Gasteiger partial charge in [0.25, 0.3) is 10.1 Å². The largest absolute Gasteiger partial charge is 0.351 e. The Balaban J connectivity index is 2.46. The summed E-state index contributed by atoms with van der Waals surface area (Å²) in [6.45, 7) is 3.55. The van der Waals surface area contributed by atoms with Crippen molar-refractivity contribution in [2.75, 3.05) is 13.2 Å². The highest BCUT2D eigenvalue weighted by Gasteiger charge is 2.32. The van der Waals surface area contributed by atoms with E-state index in [2.05, 4.69) is 16.1 Å². The van der Waals surface area contributed by atoms with Gasteiger partial charge in [-0.05, 0) is 12.5 Å². The summed E-state index contributed by atoms with van der Waals surface area (Å²) in [6.07, 6.45) is 1.53. The van der Waals surface area contributed by atoms with Gasteiger partial charge in [-0.15, -0.1) is 0 Å². The van der Waals surface area contributed by atoms with Gasteiger partial charge in [0.05, 0.1) is 6.61 Å². The van der Waals surface area contributed by atoms with Gasteiger partial charge < -0.3 is 5.32 Å². The highest BCUT2D eigenvalue weighted by molar-refractivity contribution is 7.87. The molecule has 0 bridgehead atoms. The number of nitrogens with one attached hydrogen (secondary N) is 1. The summed E-state index contributed by atoms with van der Waals surface area (Å²) in [5.74, 6) is -0.373. The highest BCUT2D eigenvalue weighted by atomic mass is 32.2. The van der Waals surface area contributed by atoms with E-state index >= 15 is 0 Å². The van der Waals surface area contributed by atoms with Crippen LogP contribution in [-0.4, -0.2) is 32.7 Å². The average molecular weight is 205 g/mol. The molecule has 5 nitrogen and oxygen atoms in total. The Hall–Kier alpha value is -0.880. The standard InChI is InChI=1S/C7H11NO4S/c1-2-7(9)8-5-6-3-4-12-13(6,10)11/h2,6H,1,3-5H2,(H,8,9). The Morgan fingerprint density at radius 3 is 2.85 bits per heavy atom. The molecule has 0 saturated carbocycles. The lowest BCUT2D eigenvalue weighted by Crippen LogP contribution is -2.33. The Labute approximate surface area is 76.9 Å². The van der Waals surface area contributed by atoms with Crippen molar-refractivity contribution >= 4 is 16.0 Å². The fourth-order valence-corrected chi connectivity index (χ4v) is 2.22. The summed E-state index contributed by atoms with van der Waals surface area (Å²) < 4.78 is 26.6. The highest BCUT2D eigenvalue weighted by Crippen LogP contribution is 2.16. The minimum Gasteiger partial charge on any atom is -0.351 e. The first-order valence-electron chi connectivity index (χ1n) is 3.85. The number of amides is 1. The zero-order chi connectivity index (χ0) is 9.90. The Morgan fingerprint density at radius 1 is 1.69 bits per heavy atom. The molecule has 0 aliphatic carbocycles. The van der Waals surface area contributed by atoms with Crippen molar-refractivity contribution in [3.05, 3.63) is 12.7 Å². The molecule has 0 aromatic heterocycles. The molecule has 74 valence electrons. The third-order valence-corrected chi connectivity index (χ3v) is 3.50. The molecular formula is C7H11NO4S. The van der Waals surface area contributed by atoms with E-state index in [9.17, 15) is 13.2 Å². The number of hydrogen-bond donors (Lipinski definition) is 1. The van der Waals surface area contributed by atoms with Crippen LogP contribution in [0.2, 0.25) is 0 Å². The van der Waals surface area contributed by atoms with E-state index in [-0.39, 0.29) is 19.1 Å². The fourth-order valence-electron chi connectivity index (χ4n) is 1.03. The van der Waals surface area contributed by atoms with Crippen molar-refractivity contribution < 1.29 is 17.4 Å². The molecule has 13 heavy (non-hydrogen) atoms. The van der Waals surface area contributed by atoms with Crippen molar-refractivity contribution in [3.8, 4) is 0 Å². The average Bonchev–Trinajstić information content (AvgIpc) is 2.41. The van der Waals surface area contributed by atoms with Crippen LogP contribution < -0.4 is 5.32 Å². The van der Waals surface area contributed by atoms with Gasteiger partial charge in [-0.1, -0.05) is 6.58 Å². The molecule has 0 radical (unpaired) electrons. The molecule has 0 spiro atoms. The number of rotatable bonds is 3. The van der Waals surface area contributed by atoms with E-state index in [1.807, 2.05) is 0 Å². The quantitative estimate of drug-likeness (QED) is 0.493. The zero-order valence-corrected chi connectivity index (χ0v) is 7.84. The normalized spacial score (nSPS) is 25.4. The summed E-state index contributed by atoms with van der Waals surface area (Å²) >= 11 is 0. The predicted molar refractivity (Wildman–Crippen MR) is 46.5 cm³/mol. The van der Waals surface area contributed by atoms with Gasteiger partial charge in [-0.25, -0.2) is 0 Å². The van der Waals surface area contributed by atoms with E-state index in [1.54, 1.807) is 0 Å². The van der Waals surface area contributed by atoms with Crippen molar-refractivity contribution in [3.63, 3.8) is 0 Å². The molecule has 1 fully saturated rings. The lowest BCUT2D eigenvalue weighted by atomic mass is 10.3. The van der Waals surface area contributed by atoms with Crippen LogP contribution in [-0.2, 0) is 19.1 Å². The molecule has 1 amide bonds. The van der Waals surface area contributed by atoms with Crippen LogP contribution in [0, 0.1) is 0 Å². The molecule has 1 aliphatic heterocycles. The molecule has 1 saturated heterocycles. The third kappa shape index (κ3) is 2.53. The summed E-state index contributed by atoms with van der Waals surface area (Å²) in [6, 6.07) is 0. The lowest BCUT2D eigenvalue weighted by molar-refractivity contribution is -0.116. The molecule has 0 aromatic rings. The predicted octanol–water partition coefficient (Wildman–Crippen LogP) is -0.593. The molecular weight excluding hydrogens is 194 g/mol. The Morgan fingerprint density at radius 2 is 2.38 bits per heavy atom. The summed E-state index contributed by atoms with van der Waals surface area (Å²) in [5, 5.41) is 1.80. The molecule has 1 heterocycles. The van der Waals surface area contributed by atoms with Gasteiger partial charge in [0.2, 0.25) is 5.91 Å². The van der Waals surface area contributed by atoms with Crippen LogP contribution in [0.1, 0.15) is 6.42 Å². The van der Waals surface area contributed by atoms with Gasteiger partial charge >= 0.3 is 0 Å². The smallest absolute Gasteiger partial charge is 0.272 e. The van der Waals surface area contributed by atoms with Crippen LogP contribution in [0.15, 0.2) is 12.7 Å². The van der Waals surface area contributed by atoms with Crippen molar-refractivity contribution in [1.29, 1.82) is 0 Å². The summed E-state index contributed by atoms with van der Waals surface area (Å²) in [7, 11) is -3.44. The number of carbonyl (C=O) groups excluding carboxylic acids is 1. The van der Waals surface area contributed by atoms with Crippen LogP contribution >= 0.6 is 0 Å². The first-order chi connectivity index (χ1) is 6.06. The van der Waals surface area contributed by atoms with Crippen molar-refractivity contribution in [2.24, 2.45) is 0 Å². The lowest BCUT2D eigenvalue weighted by Gasteiger charge is -2.06. The summed E-state index contributed by atoms with van der Waals surface area (Å²) in [5.41, 5.74) is 0. The Kier molecular flexibility index (Phi) is 3.05. The maximum atomic E-state index is 11.1. The van der Waals surface area contributed by atoms with Gasteiger partial charge in [-0.3, -0.25) is 8.98 Å². The van der Waals surface area contributed by atoms with E-state index in [0.29, 0.717) is 6.42 Å². The van der Waals surface area contributed by atoms with E-state index in [1.165, 1.54) is 0 Å². The van der Waals surface area contributed by atoms with E-state index in [0.717, 1.165) is 6.08 Å². The molecule has 1 N–H and O–H groups in total. The van der Waals surface area contributed by atoms with E-state index < -0.39 is 15.4 Å². The molecule has 0 aromatic carbocycles. The Bertz CT molecular complexity index is 308. The molecule has 1 aliphatic rings. The monoisotopic (exact) mass is 205 g/mol. The molecule has 6 heteroatoms. The van der Waals surface area contributed by atoms with Crippen LogP contribution in [0.25, 0.3) is 0 Å². The first-order valence-corrected chi connectivity index (χ1v) is 5.32. The second-order valence-electron chi connectivity index (χ2n) is 2.67. The van der Waals surface area contributed by atoms with Crippen molar-refractivity contribution in [1.82, 2.24) is 5.32 Å². The maximum absolute atomic E-state index is 11.1. The summed E-state index contributed by atoms with van der Waals surface area (Å²) in [4.78, 5) is 10.7. The molecule has 1 atom stereocenters. The number of carbonyl (C=O) groups is 1. The van der Waals surface area contributed by atoms with Gasteiger partial charge in [0, 0.05) is 6.54 Å². The fraction of sp³-hybridized carbons (Fsp3) is 0.571. The second kappa shape index (κ2) is 3.89. The van der Waals surface area contributed by atoms with Gasteiger partial charge in [0.15, 0.2) is 0 Å². The van der Waals surface area contributed by atoms with Crippen LogP contribution in [0.5, 0.6) is 0 Å². The second-order valence-corrected chi connectivity index (χ2v) is 4.56. The number of hydrogen-bond acceptors (Lipinski definition) is 4. The van der Waals surface area contributed by atoms with Crippen LogP contribution in [0.4, 0.5) is 0 Å². The van der Waals surface area contributed by atoms with Gasteiger partial charge in [-0.2, -0.15) is 8.42 Å².